The summed E-state index contributed by atoms with van der Waals surface area (Å²) in [6.45, 7) is 11.1. The van der Waals surface area contributed by atoms with E-state index in [4.69, 9.17) is 0 Å². The summed E-state index contributed by atoms with van der Waals surface area (Å²) in [5.41, 5.74) is 3.87. The van der Waals surface area contributed by atoms with Crippen molar-refractivity contribution in [2.24, 2.45) is 0 Å². The molecular formula is C14H20N2. The van der Waals surface area contributed by atoms with E-state index in [0.29, 0.717) is 5.92 Å². The van der Waals surface area contributed by atoms with Crippen LogP contribution in [0.15, 0.2) is 24.5 Å². The minimum atomic E-state index is 0.106. The fourth-order valence-electron chi connectivity index (χ4n) is 2.11. The largest absolute Gasteiger partial charge is 0.341 e. The normalized spacial score (nSPS) is 12.6. The molecule has 0 atom stereocenters. The second-order valence-electron chi connectivity index (χ2n) is 5.65. The van der Waals surface area contributed by atoms with Gasteiger partial charge in [0, 0.05) is 17.9 Å². The lowest BCUT2D eigenvalue weighted by molar-refractivity contribution is 0.410. The molecule has 2 aromatic rings. The van der Waals surface area contributed by atoms with Crippen LogP contribution in [-0.4, -0.2) is 9.55 Å². The Hall–Kier alpha value is -1.31. The summed E-state index contributed by atoms with van der Waals surface area (Å²) in [6.07, 6.45) is 4.05. The lowest BCUT2D eigenvalue weighted by Crippen LogP contribution is -2.21. The molecule has 2 aromatic heterocycles. The quantitative estimate of drug-likeness (QED) is 0.706. The summed E-state index contributed by atoms with van der Waals surface area (Å²) in [4.78, 5) is 4.44. The van der Waals surface area contributed by atoms with E-state index < -0.39 is 0 Å². The van der Waals surface area contributed by atoms with Crippen LogP contribution in [-0.2, 0) is 5.54 Å². The van der Waals surface area contributed by atoms with Crippen molar-refractivity contribution in [1.29, 1.82) is 0 Å². The van der Waals surface area contributed by atoms with Gasteiger partial charge >= 0.3 is 0 Å². The molecule has 2 heterocycles. The summed E-state index contributed by atoms with van der Waals surface area (Å²) in [6, 6.07) is 4.24. The first-order chi connectivity index (χ1) is 7.41. The molecule has 16 heavy (non-hydrogen) atoms. The Balaban J connectivity index is 2.78. The van der Waals surface area contributed by atoms with Crippen molar-refractivity contribution in [1.82, 2.24) is 9.55 Å². The Morgan fingerprint density at radius 3 is 2.44 bits per heavy atom. The van der Waals surface area contributed by atoms with Crippen LogP contribution in [0.4, 0.5) is 0 Å². The Morgan fingerprint density at radius 2 is 1.88 bits per heavy atom. The van der Waals surface area contributed by atoms with Gasteiger partial charge in [0.15, 0.2) is 0 Å². The molecule has 0 fully saturated rings. The van der Waals surface area contributed by atoms with E-state index in [1.54, 1.807) is 0 Å². The van der Waals surface area contributed by atoms with E-state index in [9.17, 15) is 0 Å². The Morgan fingerprint density at radius 1 is 1.19 bits per heavy atom. The Labute approximate surface area is 97.3 Å². The number of fused-ring (bicyclic) bond motifs is 1. The fraction of sp³-hybridized carbons (Fsp3) is 0.500. The van der Waals surface area contributed by atoms with E-state index >= 15 is 0 Å². The van der Waals surface area contributed by atoms with Crippen molar-refractivity contribution in [2.45, 2.75) is 46.1 Å². The number of hydrogen-bond acceptors (Lipinski definition) is 1. The van der Waals surface area contributed by atoms with Gasteiger partial charge in [-0.15, -0.1) is 0 Å². The van der Waals surface area contributed by atoms with Crippen LogP contribution in [0.3, 0.4) is 0 Å². The number of hydrogen-bond donors (Lipinski definition) is 0. The van der Waals surface area contributed by atoms with Crippen LogP contribution in [0.25, 0.3) is 11.0 Å². The molecule has 0 aliphatic rings. The van der Waals surface area contributed by atoms with Gasteiger partial charge < -0.3 is 4.57 Å². The van der Waals surface area contributed by atoms with E-state index in [-0.39, 0.29) is 5.54 Å². The number of rotatable bonds is 1. The molecule has 0 radical (unpaired) electrons. The van der Waals surface area contributed by atoms with Gasteiger partial charge in [-0.05, 0) is 44.4 Å². The second kappa shape index (κ2) is 3.62. The zero-order chi connectivity index (χ0) is 11.9. The van der Waals surface area contributed by atoms with Crippen LogP contribution < -0.4 is 0 Å². The van der Waals surface area contributed by atoms with Crippen molar-refractivity contribution in [3.63, 3.8) is 0 Å². The van der Waals surface area contributed by atoms with E-state index in [1.165, 1.54) is 11.1 Å². The number of aromatic nitrogens is 2. The summed E-state index contributed by atoms with van der Waals surface area (Å²) in [7, 11) is 0. The molecule has 0 saturated heterocycles. The van der Waals surface area contributed by atoms with Crippen LogP contribution >= 0.6 is 0 Å². The third-order valence-corrected chi connectivity index (χ3v) is 2.95. The zero-order valence-corrected chi connectivity index (χ0v) is 10.8. The van der Waals surface area contributed by atoms with Crippen molar-refractivity contribution in [3.05, 3.63) is 30.1 Å². The third-order valence-electron chi connectivity index (χ3n) is 2.95. The average Bonchev–Trinajstić information content (AvgIpc) is 2.59. The molecule has 2 rings (SSSR count). The lowest BCUT2D eigenvalue weighted by atomic mass is 10.0. The lowest BCUT2D eigenvalue weighted by Gasteiger charge is -2.24. The van der Waals surface area contributed by atoms with Crippen molar-refractivity contribution >= 4 is 11.0 Å². The summed E-state index contributed by atoms with van der Waals surface area (Å²) >= 11 is 0. The second-order valence-corrected chi connectivity index (χ2v) is 5.65. The van der Waals surface area contributed by atoms with E-state index in [0.717, 1.165) is 5.52 Å². The van der Waals surface area contributed by atoms with Gasteiger partial charge in [0.2, 0.25) is 0 Å². The minimum Gasteiger partial charge on any atom is -0.341 e. The highest BCUT2D eigenvalue weighted by molar-refractivity contribution is 5.80. The smallest absolute Gasteiger partial charge is 0.0884 e. The summed E-state index contributed by atoms with van der Waals surface area (Å²) in [5.74, 6) is 0.529. The first-order valence-electron chi connectivity index (χ1n) is 5.87. The maximum atomic E-state index is 4.44. The Bertz CT molecular complexity index is 501. The molecular weight excluding hydrogens is 196 g/mol. The van der Waals surface area contributed by atoms with Gasteiger partial charge in [0.1, 0.15) is 0 Å². The van der Waals surface area contributed by atoms with Crippen LogP contribution in [0, 0.1) is 0 Å². The zero-order valence-electron chi connectivity index (χ0n) is 10.8. The summed E-state index contributed by atoms with van der Waals surface area (Å²) in [5, 5.41) is 0. The molecule has 2 nitrogen and oxygen atoms in total. The molecule has 0 N–H and O–H groups in total. The summed E-state index contributed by atoms with van der Waals surface area (Å²) < 4.78 is 2.32. The Kier molecular flexibility index (Phi) is 2.53. The van der Waals surface area contributed by atoms with Crippen LogP contribution in [0.2, 0.25) is 0 Å². The predicted molar refractivity (Wildman–Crippen MR) is 68.8 cm³/mol. The number of pyridine rings is 1. The van der Waals surface area contributed by atoms with Crippen molar-refractivity contribution < 1.29 is 0 Å². The molecule has 86 valence electrons. The van der Waals surface area contributed by atoms with E-state index in [1.807, 2.05) is 6.20 Å². The molecule has 0 saturated carbocycles. The molecule has 0 amide bonds. The predicted octanol–water partition coefficient (Wildman–Crippen LogP) is 3.91. The van der Waals surface area contributed by atoms with Gasteiger partial charge in [-0.1, -0.05) is 13.8 Å². The third kappa shape index (κ3) is 1.73. The van der Waals surface area contributed by atoms with E-state index in [2.05, 4.69) is 62.5 Å². The average molecular weight is 216 g/mol. The van der Waals surface area contributed by atoms with Crippen molar-refractivity contribution in [3.8, 4) is 0 Å². The van der Waals surface area contributed by atoms with Gasteiger partial charge in [0.05, 0.1) is 11.0 Å². The highest BCUT2D eigenvalue weighted by Crippen LogP contribution is 2.29. The molecule has 0 unspecified atom stereocenters. The molecule has 0 bridgehead atoms. The monoisotopic (exact) mass is 216 g/mol. The first-order valence-corrected chi connectivity index (χ1v) is 5.87. The maximum Gasteiger partial charge on any atom is 0.0884 e. The molecule has 0 spiro atoms. The molecule has 2 heteroatoms. The number of nitrogens with zero attached hydrogens (tertiary/aromatic N) is 2. The van der Waals surface area contributed by atoms with Gasteiger partial charge in [-0.2, -0.15) is 0 Å². The standard InChI is InChI=1S/C14H20N2/c1-10(2)11-6-8-15-12-7-9-16(13(11)12)14(3,4)5/h6-10H,1-5H3. The molecule has 0 aromatic carbocycles. The van der Waals surface area contributed by atoms with Crippen LogP contribution in [0.1, 0.15) is 46.1 Å². The fourth-order valence-corrected chi connectivity index (χ4v) is 2.11. The minimum absolute atomic E-state index is 0.106. The highest BCUT2D eigenvalue weighted by atomic mass is 15.0. The van der Waals surface area contributed by atoms with Gasteiger partial charge in [0.25, 0.3) is 0 Å². The van der Waals surface area contributed by atoms with Gasteiger partial charge in [-0.3, -0.25) is 4.98 Å². The van der Waals surface area contributed by atoms with Crippen molar-refractivity contribution in [2.75, 3.05) is 0 Å². The molecule has 0 aliphatic carbocycles. The first kappa shape index (κ1) is 11.2. The van der Waals surface area contributed by atoms with Gasteiger partial charge in [-0.25, -0.2) is 0 Å². The SMILES string of the molecule is CC(C)c1ccnc2ccn(C(C)(C)C)c12. The topological polar surface area (TPSA) is 17.8 Å². The maximum absolute atomic E-state index is 4.44. The highest BCUT2D eigenvalue weighted by Gasteiger charge is 2.18. The van der Waals surface area contributed by atoms with Crippen LogP contribution in [0.5, 0.6) is 0 Å². The molecule has 0 aliphatic heterocycles.